The lowest BCUT2D eigenvalue weighted by atomic mass is 10.0. The molecule has 4 nitrogen and oxygen atoms in total. The Morgan fingerprint density at radius 3 is 3.18 bits per heavy atom. The van der Waals surface area contributed by atoms with Crippen molar-refractivity contribution < 1.29 is 0 Å². The lowest BCUT2D eigenvalue weighted by molar-refractivity contribution is 0.603. The number of aromatic nitrogens is 2. The van der Waals surface area contributed by atoms with Crippen LogP contribution in [0.4, 0.5) is 0 Å². The van der Waals surface area contributed by atoms with Gasteiger partial charge in [-0.1, -0.05) is 6.07 Å². The fourth-order valence-electron chi connectivity index (χ4n) is 2.43. The van der Waals surface area contributed by atoms with Gasteiger partial charge in [0.15, 0.2) is 0 Å². The molecule has 1 aromatic carbocycles. The van der Waals surface area contributed by atoms with E-state index in [4.69, 9.17) is 0 Å². The minimum Gasteiger partial charge on any atom is -0.319 e. The molecule has 17 heavy (non-hydrogen) atoms. The Bertz CT molecular complexity index is 584. The first-order valence-electron chi connectivity index (χ1n) is 6.02. The topological polar surface area (TPSA) is 57.8 Å². The van der Waals surface area contributed by atoms with E-state index in [1.165, 1.54) is 24.6 Å². The van der Waals surface area contributed by atoms with E-state index in [2.05, 4.69) is 27.4 Å². The maximum Gasteiger partial charge on any atom is 0.266 e. The molecule has 0 spiro atoms. The normalized spacial score (nSPS) is 19.9. The first-order chi connectivity index (χ1) is 8.31. The second-order valence-electron chi connectivity index (χ2n) is 4.60. The van der Waals surface area contributed by atoms with Gasteiger partial charge in [0.2, 0.25) is 0 Å². The highest BCUT2D eigenvalue weighted by molar-refractivity contribution is 5.74. The molecule has 3 rings (SSSR count). The highest BCUT2D eigenvalue weighted by Crippen LogP contribution is 2.15. The van der Waals surface area contributed by atoms with Crippen LogP contribution in [0.1, 0.15) is 18.4 Å². The Hall–Kier alpha value is -1.68. The lowest BCUT2D eigenvalue weighted by Crippen LogP contribution is -2.23. The smallest absolute Gasteiger partial charge is 0.266 e. The summed E-state index contributed by atoms with van der Waals surface area (Å²) < 4.78 is 0. The quantitative estimate of drug-likeness (QED) is 0.814. The minimum absolute atomic E-state index is 0.150. The number of benzene rings is 1. The van der Waals surface area contributed by atoms with Crippen molar-refractivity contribution in [1.29, 1.82) is 0 Å². The van der Waals surface area contributed by atoms with E-state index in [0.717, 1.165) is 24.0 Å². The van der Waals surface area contributed by atoms with Crippen molar-refractivity contribution in [2.24, 2.45) is 0 Å². The summed E-state index contributed by atoms with van der Waals surface area (Å²) in [6, 6.07) is 6.66. The Morgan fingerprint density at radius 1 is 1.41 bits per heavy atom. The van der Waals surface area contributed by atoms with Crippen molar-refractivity contribution in [1.82, 2.24) is 15.3 Å². The second-order valence-corrected chi connectivity index (χ2v) is 4.60. The van der Waals surface area contributed by atoms with Crippen molar-refractivity contribution in [2.45, 2.75) is 25.3 Å². The summed E-state index contributed by atoms with van der Waals surface area (Å²) in [5.74, 6) is 0. The maximum absolute atomic E-state index is 11.1. The van der Waals surface area contributed by atoms with E-state index in [1.807, 2.05) is 6.07 Å². The molecule has 1 fully saturated rings. The standard InChI is InChI=1S/C13H15N3O/c17-13-8-15-12-7-9(3-4-11(12)16-13)6-10-2-1-5-14-10/h3-4,7-8,10,14H,1-2,5-6H2,(H,16,17). The third-order valence-electron chi connectivity index (χ3n) is 3.29. The van der Waals surface area contributed by atoms with Gasteiger partial charge in [-0.2, -0.15) is 0 Å². The molecule has 2 N–H and O–H groups in total. The van der Waals surface area contributed by atoms with Crippen molar-refractivity contribution in [2.75, 3.05) is 6.54 Å². The summed E-state index contributed by atoms with van der Waals surface area (Å²) in [4.78, 5) is 18.0. The molecule has 1 unspecified atom stereocenters. The lowest BCUT2D eigenvalue weighted by Gasteiger charge is -2.10. The van der Waals surface area contributed by atoms with Crippen molar-refractivity contribution >= 4 is 11.0 Å². The van der Waals surface area contributed by atoms with Gasteiger partial charge in [-0.3, -0.25) is 4.79 Å². The van der Waals surface area contributed by atoms with Crippen LogP contribution < -0.4 is 10.9 Å². The number of hydrogen-bond acceptors (Lipinski definition) is 3. The molecular weight excluding hydrogens is 214 g/mol. The Morgan fingerprint density at radius 2 is 2.35 bits per heavy atom. The molecule has 88 valence electrons. The number of H-pyrrole nitrogens is 1. The van der Waals surface area contributed by atoms with E-state index in [9.17, 15) is 4.79 Å². The van der Waals surface area contributed by atoms with Crippen LogP contribution in [0.15, 0.2) is 29.2 Å². The van der Waals surface area contributed by atoms with E-state index in [-0.39, 0.29) is 5.56 Å². The Labute approximate surface area is 99.1 Å². The number of hydrogen-bond donors (Lipinski definition) is 2. The molecule has 1 atom stereocenters. The number of nitrogens with one attached hydrogen (secondary N) is 2. The third-order valence-corrected chi connectivity index (χ3v) is 3.29. The Kier molecular flexibility index (Phi) is 2.65. The van der Waals surface area contributed by atoms with E-state index < -0.39 is 0 Å². The SMILES string of the molecule is O=c1cnc2cc(CC3CCCN3)ccc2[nH]1. The molecule has 1 aromatic heterocycles. The van der Waals surface area contributed by atoms with Gasteiger partial charge in [0, 0.05) is 6.04 Å². The van der Waals surface area contributed by atoms with Gasteiger partial charge in [0.05, 0.1) is 17.2 Å². The summed E-state index contributed by atoms with van der Waals surface area (Å²) in [5.41, 5.74) is 2.79. The third kappa shape index (κ3) is 2.22. The molecule has 2 aromatic rings. The van der Waals surface area contributed by atoms with Crippen LogP contribution in [0.3, 0.4) is 0 Å². The number of fused-ring (bicyclic) bond motifs is 1. The zero-order valence-electron chi connectivity index (χ0n) is 9.57. The van der Waals surface area contributed by atoms with Gasteiger partial charge in [-0.05, 0) is 43.5 Å². The van der Waals surface area contributed by atoms with Crippen LogP contribution in [0, 0.1) is 0 Å². The van der Waals surface area contributed by atoms with Gasteiger partial charge in [-0.25, -0.2) is 4.98 Å². The van der Waals surface area contributed by atoms with Gasteiger partial charge in [0.25, 0.3) is 5.56 Å². The fraction of sp³-hybridized carbons (Fsp3) is 0.385. The average Bonchev–Trinajstić information content (AvgIpc) is 2.82. The van der Waals surface area contributed by atoms with E-state index in [0.29, 0.717) is 6.04 Å². The van der Waals surface area contributed by atoms with Crippen LogP contribution in [0.25, 0.3) is 11.0 Å². The molecule has 0 amide bonds. The van der Waals surface area contributed by atoms with E-state index >= 15 is 0 Å². The largest absolute Gasteiger partial charge is 0.319 e. The van der Waals surface area contributed by atoms with Gasteiger partial charge in [-0.15, -0.1) is 0 Å². The number of aromatic amines is 1. The summed E-state index contributed by atoms with van der Waals surface area (Å²) in [6.45, 7) is 1.13. The molecule has 0 saturated carbocycles. The van der Waals surface area contributed by atoms with Gasteiger partial charge < -0.3 is 10.3 Å². The van der Waals surface area contributed by atoms with Crippen LogP contribution in [0.2, 0.25) is 0 Å². The summed E-state index contributed by atoms with van der Waals surface area (Å²) in [6.07, 6.45) is 4.89. The zero-order chi connectivity index (χ0) is 11.7. The van der Waals surface area contributed by atoms with E-state index in [1.54, 1.807) is 0 Å². The minimum atomic E-state index is -0.150. The predicted octanol–water partition coefficient (Wildman–Crippen LogP) is 1.22. The zero-order valence-corrected chi connectivity index (χ0v) is 9.57. The van der Waals surface area contributed by atoms with Gasteiger partial charge >= 0.3 is 0 Å². The highest BCUT2D eigenvalue weighted by atomic mass is 16.1. The molecular formula is C13H15N3O. The summed E-state index contributed by atoms with van der Waals surface area (Å²) in [7, 11) is 0. The van der Waals surface area contributed by atoms with Crippen LogP contribution in [-0.2, 0) is 6.42 Å². The molecule has 4 heteroatoms. The summed E-state index contributed by atoms with van der Waals surface area (Å²) in [5, 5.41) is 3.48. The van der Waals surface area contributed by atoms with Crippen molar-refractivity contribution in [3.05, 3.63) is 40.3 Å². The molecule has 1 saturated heterocycles. The van der Waals surface area contributed by atoms with Crippen molar-refractivity contribution in [3.63, 3.8) is 0 Å². The molecule has 0 aliphatic carbocycles. The molecule has 2 heterocycles. The molecule has 1 aliphatic heterocycles. The molecule has 1 aliphatic rings. The predicted molar refractivity (Wildman–Crippen MR) is 67.1 cm³/mol. The van der Waals surface area contributed by atoms with Crippen LogP contribution in [-0.4, -0.2) is 22.6 Å². The maximum atomic E-state index is 11.1. The fourth-order valence-corrected chi connectivity index (χ4v) is 2.43. The second kappa shape index (κ2) is 4.30. The monoisotopic (exact) mass is 229 g/mol. The van der Waals surface area contributed by atoms with Crippen LogP contribution in [0.5, 0.6) is 0 Å². The van der Waals surface area contributed by atoms with Gasteiger partial charge in [0.1, 0.15) is 0 Å². The molecule has 0 radical (unpaired) electrons. The first-order valence-corrected chi connectivity index (χ1v) is 6.02. The van der Waals surface area contributed by atoms with Crippen molar-refractivity contribution in [3.8, 4) is 0 Å². The molecule has 0 bridgehead atoms. The Balaban J connectivity index is 1.90. The number of rotatable bonds is 2. The highest BCUT2D eigenvalue weighted by Gasteiger charge is 2.14. The van der Waals surface area contributed by atoms with Crippen LogP contribution >= 0.6 is 0 Å². The first kappa shape index (κ1) is 10.5. The number of nitrogens with zero attached hydrogens (tertiary/aromatic N) is 1. The average molecular weight is 229 g/mol. The summed E-state index contributed by atoms with van der Waals surface area (Å²) >= 11 is 0.